The molecule has 15 heavy (non-hydrogen) atoms. The molecule has 0 saturated carbocycles. The van der Waals surface area contributed by atoms with Gasteiger partial charge in [0, 0.05) is 0 Å². The summed E-state index contributed by atoms with van der Waals surface area (Å²) in [6.07, 6.45) is -0.559. The fourth-order valence-electron chi connectivity index (χ4n) is 1.08. The van der Waals surface area contributed by atoms with Crippen LogP contribution in [-0.4, -0.2) is 32.0 Å². The summed E-state index contributed by atoms with van der Waals surface area (Å²) < 4.78 is 0. The first kappa shape index (κ1) is 12.5. The SMILES string of the molecule is Nc1ncc(Cl)nc1C(O)C(O)CCS. The van der Waals surface area contributed by atoms with Crippen LogP contribution in [0.25, 0.3) is 0 Å². The summed E-state index contributed by atoms with van der Waals surface area (Å²) in [6, 6.07) is 0. The van der Waals surface area contributed by atoms with E-state index in [-0.39, 0.29) is 16.7 Å². The van der Waals surface area contributed by atoms with E-state index in [0.717, 1.165) is 0 Å². The van der Waals surface area contributed by atoms with E-state index in [1.807, 2.05) is 0 Å². The number of nitrogens with two attached hydrogens (primary N) is 1. The maximum absolute atomic E-state index is 9.70. The van der Waals surface area contributed by atoms with Crippen molar-refractivity contribution in [3.63, 3.8) is 0 Å². The van der Waals surface area contributed by atoms with E-state index in [1.54, 1.807) is 0 Å². The number of aromatic nitrogens is 2. The van der Waals surface area contributed by atoms with Crippen LogP contribution in [0.4, 0.5) is 5.82 Å². The lowest BCUT2D eigenvalue weighted by Gasteiger charge is -2.17. The summed E-state index contributed by atoms with van der Waals surface area (Å²) >= 11 is 9.55. The summed E-state index contributed by atoms with van der Waals surface area (Å²) in [5.74, 6) is 0.511. The lowest BCUT2D eigenvalue weighted by molar-refractivity contribution is 0.0150. The molecule has 0 amide bonds. The maximum atomic E-state index is 9.70. The molecule has 0 radical (unpaired) electrons. The van der Waals surface area contributed by atoms with Crippen LogP contribution in [0.3, 0.4) is 0 Å². The van der Waals surface area contributed by atoms with Gasteiger partial charge in [-0.2, -0.15) is 12.6 Å². The molecule has 7 heteroatoms. The summed E-state index contributed by atoms with van der Waals surface area (Å²) in [5, 5.41) is 19.3. The van der Waals surface area contributed by atoms with Crippen LogP contribution < -0.4 is 5.73 Å². The summed E-state index contributed by atoms with van der Waals surface area (Å²) in [6.45, 7) is 0. The van der Waals surface area contributed by atoms with Crippen LogP contribution in [0.5, 0.6) is 0 Å². The number of nitrogens with zero attached hydrogens (tertiary/aromatic N) is 2. The first-order valence-electron chi connectivity index (χ1n) is 4.31. The minimum absolute atomic E-state index is 0.0603. The minimum atomic E-state index is -1.19. The number of nitrogen functional groups attached to an aromatic ring is 1. The molecular weight excluding hydrogens is 238 g/mol. The molecule has 1 heterocycles. The number of halogens is 1. The Balaban J connectivity index is 2.89. The van der Waals surface area contributed by atoms with E-state index < -0.39 is 12.2 Å². The Hall–Kier alpha value is -0.560. The maximum Gasteiger partial charge on any atom is 0.148 e. The van der Waals surface area contributed by atoms with Gasteiger partial charge in [0.1, 0.15) is 22.8 Å². The second-order valence-corrected chi connectivity index (χ2v) is 3.82. The number of anilines is 1. The van der Waals surface area contributed by atoms with Gasteiger partial charge in [0.2, 0.25) is 0 Å². The van der Waals surface area contributed by atoms with Crippen molar-refractivity contribution < 1.29 is 10.2 Å². The van der Waals surface area contributed by atoms with Gasteiger partial charge in [0.05, 0.1) is 12.3 Å². The molecule has 0 spiro atoms. The monoisotopic (exact) mass is 249 g/mol. The van der Waals surface area contributed by atoms with Crippen molar-refractivity contribution in [3.05, 3.63) is 17.0 Å². The Labute approximate surface area is 97.7 Å². The fraction of sp³-hybridized carbons (Fsp3) is 0.500. The zero-order valence-corrected chi connectivity index (χ0v) is 9.49. The number of aliphatic hydroxyl groups excluding tert-OH is 2. The predicted molar refractivity (Wildman–Crippen MR) is 60.9 cm³/mol. The molecule has 5 nitrogen and oxygen atoms in total. The molecule has 0 aliphatic heterocycles. The lowest BCUT2D eigenvalue weighted by Crippen LogP contribution is -2.21. The average Bonchev–Trinajstić information content (AvgIpc) is 2.21. The fourth-order valence-corrected chi connectivity index (χ4v) is 1.48. The van der Waals surface area contributed by atoms with E-state index in [0.29, 0.717) is 12.2 Å². The highest BCUT2D eigenvalue weighted by molar-refractivity contribution is 7.80. The van der Waals surface area contributed by atoms with E-state index in [1.165, 1.54) is 6.20 Å². The van der Waals surface area contributed by atoms with Gasteiger partial charge in [-0.3, -0.25) is 0 Å². The largest absolute Gasteiger partial charge is 0.390 e. The minimum Gasteiger partial charge on any atom is -0.390 e. The van der Waals surface area contributed by atoms with Crippen molar-refractivity contribution in [2.24, 2.45) is 0 Å². The van der Waals surface area contributed by atoms with E-state index in [2.05, 4.69) is 22.6 Å². The van der Waals surface area contributed by atoms with Crippen LogP contribution >= 0.6 is 24.2 Å². The van der Waals surface area contributed by atoms with Crippen molar-refractivity contribution in [1.82, 2.24) is 9.97 Å². The molecule has 84 valence electrons. The van der Waals surface area contributed by atoms with Gasteiger partial charge in [-0.15, -0.1) is 0 Å². The summed E-state index contributed by atoms with van der Waals surface area (Å²) in [7, 11) is 0. The molecule has 4 N–H and O–H groups in total. The zero-order valence-electron chi connectivity index (χ0n) is 7.84. The number of hydrogen-bond acceptors (Lipinski definition) is 6. The standard InChI is InChI=1S/C8H12ClN3O2S/c9-5-3-11-8(10)6(12-5)7(14)4(13)1-2-15/h3-4,7,13-15H,1-2H2,(H2,10,11). The van der Waals surface area contributed by atoms with Crippen molar-refractivity contribution >= 4 is 30.0 Å². The van der Waals surface area contributed by atoms with Gasteiger partial charge in [0.25, 0.3) is 0 Å². The third kappa shape index (κ3) is 3.20. The quantitative estimate of drug-likeness (QED) is 0.581. The van der Waals surface area contributed by atoms with Crippen LogP contribution in [-0.2, 0) is 0 Å². The molecule has 0 fully saturated rings. The van der Waals surface area contributed by atoms with Gasteiger partial charge < -0.3 is 15.9 Å². The first-order chi connectivity index (χ1) is 7.06. The van der Waals surface area contributed by atoms with E-state index >= 15 is 0 Å². The highest BCUT2D eigenvalue weighted by Gasteiger charge is 2.22. The zero-order chi connectivity index (χ0) is 11.4. The van der Waals surface area contributed by atoms with Gasteiger partial charge in [-0.25, -0.2) is 9.97 Å². The van der Waals surface area contributed by atoms with Crippen LogP contribution in [0.1, 0.15) is 18.2 Å². The number of aliphatic hydroxyl groups is 2. The molecule has 1 aromatic heterocycles. The van der Waals surface area contributed by atoms with Crippen LogP contribution in [0.15, 0.2) is 6.20 Å². The Morgan fingerprint density at radius 2 is 2.20 bits per heavy atom. The summed E-state index contributed by atoms with van der Waals surface area (Å²) in [5.41, 5.74) is 5.60. The normalized spacial score (nSPS) is 14.9. The molecule has 0 aromatic carbocycles. The van der Waals surface area contributed by atoms with E-state index in [9.17, 15) is 10.2 Å². The molecule has 0 aliphatic rings. The Morgan fingerprint density at radius 1 is 1.53 bits per heavy atom. The van der Waals surface area contributed by atoms with Crippen molar-refractivity contribution in [2.75, 3.05) is 11.5 Å². The van der Waals surface area contributed by atoms with Gasteiger partial charge >= 0.3 is 0 Å². The van der Waals surface area contributed by atoms with Crippen molar-refractivity contribution in [2.45, 2.75) is 18.6 Å². The number of thiol groups is 1. The highest BCUT2D eigenvalue weighted by atomic mass is 35.5. The molecule has 2 unspecified atom stereocenters. The van der Waals surface area contributed by atoms with Crippen molar-refractivity contribution in [3.8, 4) is 0 Å². The van der Waals surface area contributed by atoms with E-state index in [4.69, 9.17) is 17.3 Å². The summed E-state index contributed by atoms with van der Waals surface area (Å²) in [4.78, 5) is 7.55. The Bertz CT molecular complexity index is 340. The molecule has 0 aliphatic carbocycles. The molecule has 0 bridgehead atoms. The van der Waals surface area contributed by atoms with Gasteiger partial charge in [-0.1, -0.05) is 11.6 Å². The van der Waals surface area contributed by atoms with Crippen molar-refractivity contribution in [1.29, 1.82) is 0 Å². The predicted octanol–water partition coefficient (Wildman–Crippen LogP) is 0.426. The number of hydrogen-bond donors (Lipinski definition) is 4. The topological polar surface area (TPSA) is 92.3 Å². The second-order valence-electron chi connectivity index (χ2n) is 2.99. The van der Waals surface area contributed by atoms with Crippen LogP contribution in [0, 0.1) is 0 Å². The second kappa shape index (κ2) is 5.50. The van der Waals surface area contributed by atoms with Gasteiger partial charge in [-0.05, 0) is 12.2 Å². The first-order valence-corrected chi connectivity index (χ1v) is 5.32. The van der Waals surface area contributed by atoms with Gasteiger partial charge in [0.15, 0.2) is 0 Å². The average molecular weight is 250 g/mol. The third-order valence-corrected chi connectivity index (χ3v) is 2.31. The van der Waals surface area contributed by atoms with Crippen LogP contribution in [0.2, 0.25) is 5.15 Å². The Kier molecular flexibility index (Phi) is 4.59. The number of rotatable bonds is 4. The lowest BCUT2D eigenvalue weighted by atomic mass is 10.1. The smallest absolute Gasteiger partial charge is 0.148 e. The molecule has 2 atom stereocenters. The molecule has 1 rings (SSSR count). The Morgan fingerprint density at radius 3 is 2.80 bits per heavy atom. The molecular formula is C8H12ClN3O2S. The molecule has 0 saturated heterocycles. The highest BCUT2D eigenvalue weighted by Crippen LogP contribution is 2.22. The molecule has 1 aromatic rings. The third-order valence-electron chi connectivity index (χ3n) is 1.87.